The first-order chi connectivity index (χ1) is 24.9. The Morgan fingerprint density at radius 1 is 0.453 bits per heavy atom. The van der Waals surface area contributed by atoms with Crippen LogP contribution in [0.25, 0.3) is 0 Å². The predicted octanol–water partition coefficient (Wildman–Crippen LogP) is 15.5. The second-order valence-electron chi connectivity index (χ2n) is 17.3. The quantitative estimate of drug-likeness (QED) is 0.159. The molecule has 0 saturated carbocycles. The molecule has 1 unspecified atom stereocenters. The molecule has 2 N–H and O–H groups in total. The van der Waals surface area contributed by atoms with Crippen molar-refractivity contribution in [1.29, 1.82) is 0 Å². The van der Waals surface area contributed by atoms with Crippen molar-refractivity contribution in [3.63, 3.8) is 0 Å². The van der Waals surface area contributed by atoms with Gasteiger partial charge in [0, 0.05) is 22.7 Å². The van der Waals surface area contributed by atoms with Crippen LogP contribution in [-0.2, 0) is 16.2 Å². The molecule has 2 nitrogen and oxygen atoms in total. The molecule has 53 heavy (non-hydrogen) atoms. The van der Waals surface area contributed by atoms with Gasteiger partial charge in [-0.1, -0.05) is 166 Å². The molecule has 0 heterocycles. The van der Waals surface area contributed by atoms with Crippen LogP contribution in [0.3, 0.4) is 0 Å². The number of unbranched alkanes of at least 4 members (excludes halogenated alkanes) is 1. The van der Waals surface area contributed by atoms with E-state index >= 15 is 0 Å². The van der Waals surface area contributed by atoms with Gasteiger partial charge in [-0.05, 0) is 127 Å². The Balaban J connectivity index is 0.000000293. The lowest BCUT2D eigenvalue weighted by Crippen LogP contribution is -2.20. The third-order valence-corrected chi connectivity index (χ3v) is 10.5. The highest BCUT2D eigenvalue weighted by Crippen LogP contribution is 2.35. The van der Waals surface area contributed by atoms with E-state index in [0.717, 1.165) is 11.4 Å². The van der Waals surface area contributed by atoms with E-state index in [1.54, 1.807) is 0 Å². The van der Waals surface area contributed by atoms with E-state index in [4.69, 9.17) is 0 Å². The predicted molar refractivity (Wildman–Crippen MR) is 237 cm³/mol. The molecule has 1 atom stereocenters. The molecule has 0 aliphatic rings. The molecular weight excluding hydrogens is 641 g/mol. The van der Waals surface area contributed by atoms with Crippen LogP contribution in [0.4, 0.5) is 22.7 Å². The maximum absolute atomic E-state index is 3.63. The average Bonchev–Trinajstić information content (AvgIpc) is 3.11. The summed E-state index contributed by atoms with van der Waals surface area (Å²) in [4.78, 5) is 0. The molecular formula is C51H70N2. The maximum atomic E-state index is 3.63. The van der Waals surface area contributed by atoms with E-state index in [1.807, 2.05) is 18.2 Å². The van der Waals surface area contributed by atoms with Gasteiger partial charge in [0.2, 0.25) is 0 Å². The minimum atomic E-state index is 0.155. The number of rotatable bonds is 9. The second kappa shape index (κ2) is 19.2. The molecule has 5 aromatic rings. The summed E-state index contributed by atoms with van der Waals surface area (Å²) in [5.41, 5.74) is 16.0. The molecule has 0 amide bonds. The van der Waals surface area contributed by atoms with Gasteiger partial charge in [0.15, 0.2) is 0 Å². The van der Waals surface area contributed by atoms with Crippen LogP contribution >= 0.6 is 0 Å². The van der Waals surface area contributed by atoms with E-state index in [-0.39, 0.29) is 10.8 Å². The molecule has 2 heteroatoms. The Morgan fingerprint density at radius 3 is 1.09 bits per heavy atom. The highest BCUT2D eigenvalue weighted by molar-refractivity contribution is 5.72. The summed E-state index contributed by atoms with van der Waals surface area (Å²) in [5, 5.41) is 7.26. The van der Waals surface area contributed by atoms with Crippen molar-refractivity contribution in [1.82, 2.24) is 0 Å². The van der Waals surface area contributed by atoms with Crippen molar-refractivity contribution in [2.45, 2.75) is 139 Å². The fraction of sp³-hybridized carbons (Fsp3) is 0.412. The Hall–Kier alpha value is -4.30. The molecule has 5 aromatic carbocycles. The monoisotopic (exact) mass is 711 g/mol. The number of nitrogens with one attached hydrogen (secondary N) is 2. The number of hydrogen-bond acceptors (Lipinski definition) is 2. The number of aryl methyl sites for hydroxylation is 5. The maximum Gasteiger partial charge on any atom is 0.0443 e. The third-order valence-electron chi connectivity index (χ3n) is 10.5. The van der Waals surface area contributed by atoms with Gasteiger partial charge in [-0.3, -0.25) is 0 Å². The SMILES string of the molecule is CCCCC(C)(CC)c1ccccc1.Cc1cc(C(C)(C)C)cc(C)c1Nc1ccc(Nc2c(C)cc(C(C)(C)C)cc2C)cc1.Cc1ccccc1. The first-order valence-electron chi connectivity index (χ1n) is 19.8. The zero-order valence-electron chi connectivity index (χ0n) is 35.7. The molecule has 284 valence electrons. The van der Waals surface area contributed by atoms with Crippen LogP contribution in [0, 0.1) is 34.6 Å². The minimum absolute atomic E-state index is 0.155. The fourth-order valence-corrected chi connectivity index (χ4v) is 6.58. The molecule has 0 spiro atoms. The van der Waals surface area contributed by atoms with E-state index < -0.39 is 0 Å². The third kappa shape index (κ3) is 13.0. The standard InChI is InChI=1S/C30H40N2.C14H22.C7H8/c1-19-15-23(29(5,6)7)16-20(2)27(19)31-25-11-13-26(14-12-25)32-28-21(3)17-24(18-22(28)4)30(8,9)10;1-4-6-12-14(3,5-2)13-10-8-7-9-11-13;1-7-5-3-2-4-6-7/h11-18,31-32H,1-10H3;7-11H,4-6,12H2,1-3H3;2-6H,1H3. The van der Waals surface area contributed by atoms with Gasteiger partial charge in [0.05, 0.1) is 0 Å². The van der Waals surface area contributed by atoms with Gasteiger partial charge in [-0.25, -0.2) is 0 Å². The largest absolute Gasteiger partial charge is 0.355 e. The van der Waals surface area contributed by atoms with Gasteiger partial charge in [0.25, 0.3) is 0 Å². The first kappa shape index (κ1) is 43.1. The highest BCUT2D eigenvalue weighted by atomic mass is 14.9. The normalized spacial score (nSPS) is 12.4. The molecule has 0 fully saturated rings. The van der Waals surface area contributed by atoms with E-state index in [2.05, 4.69) is 199 Å². The average molecular weight is 711 g/mol. The summed E-state index contributed by atoms with van der Waals surface area (Å²) in [6, 6.07) is 39.0. The van der Waals surface area contributed by atoms with Crippen LogP contribution in [0.15, 0.2) is 109 Å². The summed E-state index contributed by atoms with van der Waals surface area (Å²) in [7, 11) is 0. The molecule has 0 aromatic heterocycles. The van der Waals surface area contributed by atoms with Gasteiger partial charge in [-0.2, -0.15) is 0 Å². The van der Waals surface area contributed by atoms with Crippen LogP contribution < -0.4 is 10.6 Å². The van der Waals surface area contributed by atoms with Crippen molar-refractivity contribution >= 4 is 22.7 Å². The lowest BCUT2D eigenvalue weighted by molar-refractivity contribution is 0.403. The van der Waals surface area contributed by atoms with E-state index in [0.29, 0.717) is 5.41 Å². The Bertz CT molecular complexity index is 1700. The Morgan fingerprint density at radius 2 is 0.811 bits per heavy atom. The molecule has 0 aliphatic heterocycles. The summed E-state index contributed by atoms with van der Waals surface area (Å²) in [5.74, 6) is 0. The van der Waals surface area contributed by atoms with Crippen molar-refractivity contribution in [3.05, 3.63) is 154 Å². The first-order valence-corrected chi connectivity index (χ1v) is 19.8. The van der Waals surface area contributed by atoms with Gasteiger partial charge < -0.3 is 10.6 Å². The molecule has 0 radical (unpaired) electrons. The fourth-order valence-electron chi connectivity index (χ4n) is 6.58. The molecule has 5 rings (SSSR count). The lowest BCUT2D eigenvalue weighted by atomic mass is 9.76. The van der Waals surface area contributed by atoms with Gasteiger partial charge >= 0.3 is 0 Å². The summed E-state index contributed by atoms with van der Waals surface area (Å²) in [6.07, 6.45) is 5.17. The smallest absolute Gasteiger partial charge is 0.0443 e. The molecule has 0 bridgehead atoms. The van der Waals surface area contributed by atoms with Crippen molar-refractivity contribution in [2.75, 3.05) is 10.6 Å². The molecule has 0 saturated heterocycles. The topological polar surface area (TPSA) is 24.1 Å². The van der Waals surface area contributed by atoms with E-state index in [9.17, 15) is 0 Å². The zero-order valence-corrected chi connectivity index (χ0v) is 35.7. The van der Waals surface area contributed by atoms with Crippen molar-refractivity contribution < 1.29 is 0 Å². The van der Waals surface area contributed by atoms with Crippen LogP contribution in [0.5, 0.6) is 0 Å². The number of benzene rings is 5. The summed E-state index contributed by atoms with van der Waals surface area (Å²) >= 11 is 0. The Labute approximate surface area is 324 Å². The van der Waals surface area contributed by atoms with Crippen LogP contribution in [0.1, 0.15) is 133 Å². The van der Waals surface area contributed by atoms with Crippen LogP contribution in [-0.4, -0.2) is 0 Å². The van der Waals surface area contributed by atoms with Crippen molar-refractivity contribution in [2.24, 2.45) is 0 Å². The summed E-state index contributed by atoms with van der Waals surface area (Å²) in [6.45, 7) is 31.4. The second-order valence-corrected chi connectivity index (χ2v) is 17.3. The summed E-state index contributed by atoms with van der Waals surface area (Å²) < 4.78 is 0. The van der Waals surface area contributed by atoms with Crippen molar-refractivity contribution in [3.8, 4) is 0 Å². The van der Waals surface area contributed by atoms with Crippen LogP contribution in [0.2, 0.25) is 0 Å². The number of hydrogen-bond donors (Lipinski definition) is 2. The molecule has 0 aliphatic carbocycles. The zero-order chi connectivity index (χ0) is 39.4. The highest BCUT2D eigenvalue weighted by Gasteiger charge is 2.23. The van der Waals surface area contributed by atoms with Gasteiger partial charge in [0.1, 0.15) is 0 Å². The van der Waals surface area contributed by atoms with Gasteiger partial charge in [-0.15, -0.1) is 0 Å². The Kier molecular flexibility index (Phi) is 15.6. The minimum Gasteiger partial charge on any atom is -0.355 e. The van der Waals surface area contributed by atoms with E-state index in [1.165, 1.54) is 81.6 Å². The lowest BCUT2D eigenvalue weighted by Gasteiger charge is -2.28. The number of anilines is 4.